The molecule has 1 saturated heterocycles. The van der Waals surface area contributed by atoms with E-state index in [-0.39, 0.29) is 12.0 Å². The quantitative estimate of drug-likeness (QED) is 0.792. The van der Waals surface area contributed by atoms with Crippen molar-refractivity contribution >= 4 is 0 Å². The third-order valence-corrected chi connectivity index (χ3v) is 3.22. The van der Waals surface area contributed by atoms with Crippen molar-refractivity contribution in [2.45, 2.75) is 19.3 Å². The first kappa shape index (κ1) is 12.0. The molecule has 0 unspecified atom stereocenters. The molecule has 0 spiro atoms. The minimum Gasteiger partial charge on any atom is -0.381 e. The van der Waals surface area contributed by atoms with Gasteiger partial charge in [0.25, 0.3) is 0 Å². The summed E-state index contributed by atoms with van der Waals surface area (Å²) < 4.78 is 31.8. The molecule has 17 heavy (non-hydrogen) atoms. The van der Waals surface area contributed by atoms with Gasteiger partial charge >= 0.3 is 0 Å². The molecule has 2 nitrogen and oxygen atoms in total. The molecule has 0 aromatic heterocycles. The topological polar surface area (TPSA) is 33.0 Å². The van der Waals surface area contributed by atoms with Gasteiger partial charge in [-0.1, -0.05) is 0 Å². The van der Waals surface area contributed by atoms with Crippen LogP contribution in [0, 0.1) is 28.4 Å². The van der Waals surface area contributed by atoms with E-state index in [0.29, 0.717) is 26.1 Å². The van der Waals surface area contributed by atoms with E-state index in [2.05, 4.69) is 6.07 Å². The molecule has 1 aromatic rings. The van der Waals surface area contributed by atoms with Crippen molar-refractivity contribution in [3.63, 3.8) is 0 Å². The molecule has 90 valence electrons. The SMILES string of the molecule is N#CC1(Cc2cc(F)ccc2F)CCOCC1. The van der Waals surface area contributed by atoms with Gasteiger partial charge in [0.2, 0.25) is 0 Å². The zero-order valence-corrected chi connectivity index (χ0v) is 9.38. The molecule has 0 aliphatic carbocycles. The highest BCUT2D eigenvalue weighted by Gasteiger charge is 2.33. The van der Waals surface area contributed by atoms with Crippen molar-refractivity contribution in [2.75, 3.05) is 13.2 Å². The van der Waals surface area contributed by atoms with Crippen LogP contribution in [0.2, 0.25) is 0 Å². The maximum Gasteiger partial charge on any atom is 0.126 e. The van der Waals surface area contributed by atoms with Crippen LogP contribution >= 0.6 is 0 Å². The van der Waals surface area contributed by atoms with E-state index < -0.39 is 17.0 Å². The number of nitrogens with zero attached hydrogens (tertiary/aromatic N) is 1. The van der Waals surface area contributed by atoms with Gasteiger partial charge in [-0.15, -0.1) is 0 Å². The van der Waals surface area contributed by atoms with Gasteiger partial charge in [-0.3, -0.25) is 0 Å². The Hall–Kier alpha value is -1.47. The van der Waals surface area contributed by atoms with Crippen LogP contribution in [0.5, 0.6) is 0 Å². The van der Waals surface area contributed by atoms with E-state index in [1.165, 1.54) is 6.07 Å². The highest BCUT2D eigenvalue weighted by molar-refractivity contribution is 5.22. The molecule has 4 heteroatoms. The Morgan fingerprint density at radius 1 is 1.29 bits per heavy atom. The van der Waals surface area contributed by atoms with Crippen LogP contribution in [0.4, 0.5) is 8.78 Å². The van der Waals surface area contributed by atoms with Crippen molar-refractivity contribution in [1.29, 1.82) is 5.26 Å². The molecule has 0 atom stereocenters. The fraction of sp³-hybridized carbons (Fsp3) is 0.462. The summed E-state index contributed by atoms with van der Waals surface area (Å²) in [4.78, 5) is 0. The third kappa shape index (κ3) is 2.62. The van der Waals surface area contributed by atoms with Gasteiger partial charge < -0.3 is 4.74 Å². The van der Waals surface area contributed by atoms with Crippen molar-refractivity contribution in [1.82, 2.24) is 0 Å². The molecule has 1 aromatic carbocycles. The molecular formula is C13H13F2NO. The lowest BCUT2D eigenvalue weighted by atomic mass is 9.76. The van der Waals surface area contributed by atoms with E-state index in [1.807, 2.05) is 0 Å². The third-order valence-electron chi connectivity index (χ3n) is 3.22. The molecule has 1 aliphatic heterocycles. The van der Waals surface area contributed by atoms with Crippen LogP contribution < -0.4 is 0 Å². The maximum absolute atomic E-state index is 13.5. The second kappa shape index (κ2) is 4.80. The fourth-order valence-corrected chi connectivity index (χ4v) is 2.13. The van der Waals surface area contributed by atoms with E-state index in [9.17, 15) is 14.0 Å². The Balaban J connectivity index is 2.23. The van der Waals surface area contributed by atoms with Crippen LogP contribution in [0.25, 0.3) is 0 Å². The number of hydrogen-bond acceptors (Lipinski definition) is 2. The lowest BCUT2D eigenvalue weighted by Gasteiger charge is -2.30. The standard InChI is InChI=1S/C13H13F2NO/c14-11-1-2-12(15)10(7-11)8-13(9-16)3-5-17-6-4-13/h1-2,7H,3-6,8H2. The summed E-state index contributed by atoms with van der Waals surface area (Å²) in [6.07, 6.45) is 1.38. The highest BCUT2D eigenvalue weighted by Crippen LogP contribution is 2.34. The van der Waals surface area contributed by atoms with Crippen LogP contribution in [0.1, 0.15) is 18.4 Å². The first-order valence-corrected chi connectivity index (χ1v) is 5.58. The zero-order chi connectivity index (χ0) is 12.3. The summed E-state index contributed by atoms with van der Waals surface area (Å²) >= 11 is 0. The average Bonchev–Trinajstić information content (AvgIpc) is 2.35. The Kier molecular flexibility index (Phi) is 3.39. The maximum atomic E-state index is 13.5. The zero-order valence-electron chi connectivity index (χ0n) is 9.38. The molecule has 0 radical (unpaired) electrons. The van der Waals surface area contributed by atoms with Crippen molar-refractivity contribution in [2.24, 2.45) is 5.41 Å². The summed E-state index contributed by atoms with van der Waals surface area (Å²) in [5.74, 6) is -0.922. The van der Waals surface area contributed by atoms with E-state index in [0.717, 1.165) is 12.1 Å². The first-order valence-electron chi connectivity index (χ1n) is 5.58. The van der Waals surface area contributed by atoms with Crippen molar-refractivity contribution in [3.05, 3.63) is 35.4 Å². The number of ether oxygens (including phenoxy) is 1. The molecular weight excluding hydrogens is 224 g/mol. The number of rotatable bonds is 2. The molecule has 1 fully saturated rings. The van der Waals surface area contributed by atoms with Gasteiger partial charge in [-0.05, 0) is 43.0 Å². The van der Waals surface area contributed by atoms with Crippen LogP contribution in [0.15, 0.2) is 18.2 Å². The minimum absolute atomic E-state index is 0.246. The molecule has 2 rings (SSSR count). The second-order valence-corrected chi connectivity index (χ2v) is 4.42. The monoisotopic (exact) mass is 237 g/mol. The minimum atomic E-state index is -0.618. The van der Waals surface area contributed by atoms with Crippen molar-refractivity contribution in [3.8, 4) is 6.07 Å². The Morgan fingerprint density at radius 2 is 2.00 bits per heavy atom. The molecule has 0 bridgehead atoms. The number of benzene rings is 1. The van der Waals surface area contributed by atoms with Gasteiger partial charge in [0, 0.05) is 13.2 Å². The van der Waals surface area contributed by atoms with Crippen LogP contribution in [-0.4, -0.2) is 13.2 Å². The van der Waals surface area contributed by atoms with Gasteiger partial charge in [0.1, 0.15) is 11.6 Å². The number of nitriles is 1. The number of hydrogen-bond donors (Lipinski definition) is 0. The smallest absolute Gasteiger partial charge is 0.126 e. The first-order chi connectivity index (χ1) is 8.15. The van der Waals surface area contributed by atoms with Gasteiger partial charge in [-0.25, -0.2) is 8.78 Å². The molecule has 0 N–H and O–H groups in total. The molecule has 1 heterocycles. The Labute approximate surface area is 98.8 Å². The van der Waals surface area contributed by atoms with Crippen LogP contribution in [0.3, 0.4) is 0 Å². The summed E-state index contributed by atoms with van der Waals surface area (Å²) in [5, 5.41) is 9.24. The summed E-state index contributed by atoms with van der Waals surface area (Å²) in [7, 11) is 0. The Bertz CT molecular complexity index is 447. The lowest BCUT2D eigenvalue weighted by Crippen LogP contribution is -2.30. The summed E-state index contributed by atoms with van der Waals surface area (Å²) in [6, 6.07) is 5.61. The van der Waals surface area contributed by atoms with Gasteiger partial charge in [-0.2, -0.15) is 5.26 Å². The average molecular weight is 237 g/mol. The van der Waals surface area contributed by atoms with Crippen LogP contribution in [-0.2, 0) is 11.2 Å². The van der Waals surface area contributed by atoms with Gasteiger partial charge in [0.15, 0.2) is 0 Å². The summed E-state index contributed by atoms with van der Waals surface area (Å²) in [5.41, 5.74) is -0.346. The van der Waals surface area contributed by atoms with E-state index in [1.54, 1.807) is 0 Å². The van der Waals surface area contributed by atoms with E-state index >= 15 is 0 Å². The largest absolute Gasteiger partial charge is 0.381 e. The summed E-state index contributed by atoms with van der Waals surface area (Å²) in [6.45, 7) is 1.01. The number of halogens is 2. The highest BCUT2D eigenvalue weighted by atomic mass is 19.1. The van der Waals surface area contributed by atoms with Crippen molar-refractivity contribution < 1.29 is 13.5 Å². The second-order valence-electron chi connectivity index (χ2n) is 4.42. The molecule has 0 amide bonds. The molecule has 0 saturated carbocycles. The predicted octanol–water partition coefficient (Wildman–Crippen LogP) is 2.83. The van der Waals surface area contributed by atoms with Gasteiger partial charge in [0.05, 0.1) is 11.5 Å². The van der Waals surface area contributed by atoms with E-state index in [4.69, 9.17) is 4.74 Å². The molecule has 1 aliphatic rings. The Morgan fingerprint density at radius 3 is 2.65 bits per heavy atom. The predicted molar refractivity (Wildman–Crippen MR) is 58.2 cm³/mol. The normalized spacial score (nSPS) is 18.6. The fourth-order valence-electron chi connectivity index (χ4n) is 2.13. The lowest BCUT2D eigenvalue weighted by molar-refractivity contribution is 0.0403.